The highest BCUT2D eigenvalue weighted by molar-refractivity contribution is 5.95. The zero-order valence-electron chi connectivity index (χ0n) is 13.0. The Labute approximate surface area is 129 Å². The monoisotopic (exact) mass is 307 g/mol. The third kappa shape index (κ3) is 3.50. The van der Waals surface area contributed by atoms with Crippen LogP contribution in [0.15, 0.2) is 18.2 Å². The van der Waals surface area contributed by atoms with Crippen molar-refractivity contribution in [1.82, 2.24) is 4.90 Å². The Balaban J connectivity index is 2.21. The second kappa shape index (κ2) is 6.68. The molecule has 0 bridgehead atoms. The number of hydrogen-bond acceptors (Lipinski definition) is 4. The van der Waals surface area contributed by atoms with E-state index in [-0.39, 0.29) is 18.5 Å². The van der Waals surface area contributed by atoms with Crippen LogP contribution >= 0.6 is 0 Å². The molecule has 1 atom stereocenters. The number of amides is 1. The summed E-state index contributed by atoms with van der Waals surface area (Å²) >= 11 is 0. The van der Waals surface area contributed by atoms with Crippen LogP contribution in [-0.2, 0) is 4.79 Å². The van der Waals surface area contributed by atoms with E-state index >= 15 is 0 Å². The van der Waals surface area contributed by atoms with E-state index in [1.807, 2.05) is 0 Å². The van der Waals surface area contributed by atoms with Crippen molar-refractivity contribution < 1.29 is 24.2 Å². The van der Waals surface area contributed by atoms with Crippen molar-refractivity contribution in [2.75, 3.05) is 20.8 Å². The van der Waals surface area contributed by atoms with Gasteiger partial charge in [-0.2, -0.15) is 0 Å². The standard InChI is InChI=1S/C16H21NO5/c1-10(16(19)20)9-17(12-5-6-12)15(18)11-4-7-13(21-2)14(8-11)22-3/h4,7-8,10,12H,5-6,9H2,1-3H3,(H,19,20). The third-order valence-corrected chi connectivity index (χ3v) is 3.77. The molecule has 22 heavy (non-hydrogen) atoms. The summed E-state index contributed by atoms with van der Waals surface area (Å²) in [7, 11) is 3.04. The molecule has 0 aromatic heterocycles. The van der Waals surface area contributed by atoms with Gasteiger partial charge in [-0.1, -0.05) is 6.92 Å². The lowest BCUT2D eigenvalue weighted by Crippen LogP contribution is -2.38. The minimum atomic E-state index is -0.897. The first-order valence-electron chi connectivity index (χ1n) is 7.23. The molecule has 0 saturated heterocycles. The molecule has 2 rings (SSSR count). The number of benzene rings is 1. The van der Waals surface area contributed by atoms with Gasteiger partial charge in [0.15, 0.2) is 11.5 Å². The predicted octanol–water partition coefficient (Wildman–Crippen LogP) is 2.03. The predicted molar refractivity (Wildman–Crippen MR) is 80.4 cm³/mol. The lowest BCUT2D eigenvalue weighted by Gasteiger charge is -2.24. The summed E-state index contributed by atoms with van der Waals surface area (Å²) in [6, 6.07) is 5.12. The van der Waals surface area contributed by atoms with Gasteiger partial charge >= 0.3 is 5.97 Å². The maximum absolute atomic E-state index is 12.7. The highest BCUT2D eigenvalue weighted by Crippen LogP contribution is 2.32. The Kier molecular flexibility index (Phi) is 4.90. The van der Waals surface area contributed by atoms with Gasteiger partial charge in [0.25, 0.3) is 5.91 Å². The molecule has 1 aliphatic carbocycles. The summed E-state index contributed by atoms with van der Waals surface area (Å²) in [5, 5.41) is 9.06. The molecule has 1 amide bonds. The van der Waals surface area contributed by atoms with Gasteiger partial charge in [0.2, 0.25) is 0 Å². The normalized spacial score (nSPS) is 15.0. The van der Waals surface area contributed by atoms with Crippen molar-refractivity contribution in [3.8, 4) is 11.5 Å². The number of carbonyl (C=O) groups is 2. The molecular weight excluding hydrogens is 286 g/mol. The van der Waals surface area contributed by atoms with Crippen molar-refractivity contribution in [3.05, 3.63) is 23.8 Å². The minimum absolute atomic E-state index is 0.141. The fourth-order valence-corrected chi connectivity index (χ4v) is 2.29. The van der Waals surface area contributed by atoms with Crippen LogP contribution in [0.3, 0.4) is 0 Å². The molecule has 1 saturated carbocycles. The van der Waals surface area contributed by atoms with E-state index in [9.17, 15) is 9.59 Å². The van der Waals surface area contributed by atoms with Gasteiger partial charge in [-0.3, -0.25) is 9.59 Å². The van der Waals surface area contributed by atoms with Crippen LogP contribution < -0.4 is 9.47 Å². The Morgan fingerprint density at radius 3 is 2.41 bits per heavy atom. The van der Waals surface area contributed by atoms with Crippen LogP contribution in [0.2, 0.25) is 0 Å². The van der Waals surface area contributed by atoms with Crippen molar-refractivity contribution >= 4 is 11.9 Å². The Bertz CT molecular complexity index is 568. The first-order chi connectivity index (χ1) is 10.5. The highest BCUT2D eigenvalue weighted by Gasteiger charge is 2.35. The van der Waals surface area contributed by atoms with E-state index in [0.29, 0.717) is 17.1 Å². The number of carbonyl (C=O) groups excluding carboxylic acids is 1. The average Bonchev–Trinajstić information content (AvgIpc) is 3.35. The lowest BCUT2D eigenvalue weighted by atomic mass is 10.1. The number of nitrogens with zero attached hydrogens (tertiary/aromatic N) is 1. The Hall–Kier alpha value is -2.24. The number of aliphatic carboxylic acids is 1. The van der Waals surface area contributed by atoms with Crippen LogP contribution in [0.4, 0.5) is 0 Å². The average molecular weight is 307 g/mol. The largest absolute Gasteiger partial charge is 0.493 e. The second-order valence-electron chi connectivity index (χ2n) is 5.50. The topological polar surface area (TPSA) is 76.1 Å². The maximum atomic E-state index is 12.7. The molecule has 1 aromatic rings. The van der Waals surface area contributed by atoms with Crippen LogP contribution in [-0.4, -0.2) is 48.7 Å². The number of carboxylic acids is 1. The molecule has 0 radical (unpaired) electrons. The third-order valence-electron chi connectivity index (χ3n) is 3.77. The molecule has 1 unspecified atom stereocenters. The number of methoxy groups -OCH3 is 2. The molecule has 1 aromatic carbocycles. The minimum Gasteiger partial charge on any atom is -0.493 e. The summed E-state index contributed by atoms with van der Waals surface area (Å²) in [4.78, 5) is 25.4. The van der Waals surface area contributed by atoms with Crippen molar-refractivity contribution in [2.45, 2.75) is 25.8 Å². The van der Waals surface area contributed by atoms with E-state index in [1.165, 1.54) is 14.2 Å². The Morgan fingerprint density at radius 2 is 1.91 bits per heavy atom. The van der Waals surface area contributed by atoms with E-state index in [0.717, 1.165) is 12.8 Å². The molecule has 0 aliphatic heterocycles. The number of rotatable bonds is 7. The van der Waals surface area contributed by atoms with Crippen LogP contribution in [0.25, 0.3) is 0 Å². The van der Waals surface area contributed by atoms with Crippen LogP contribution in [0.1, 0.15) is 30.1 Å². The van der Waals surface area contributed by atoms with Crippen molar-refractivity contribution in [2.24, 2.45) is 5.92 Å². The number of carboxylic acid groups (broad SMARTS) is 1. The van der Waals surface area contributed by atoms with Gasteiger partial charge in [-0.25, -0.2) is 0 Å². The summed E-state index contributed by atoms with van der Waals surface area (Å²) in [5.41, 5.74) is 0.474. The van der Waals surface area contributed by atoms with Crippen molar-refractivity contribution in [1.29, 1.82) is 0 Å². The number of hydrogen-bond donors (Lipinski definition) is 1. The molecular formula is C16H21NO5. The van der Waals surface area contributed by atoms with E-state index in [4.69, 9.17) is 14.6 Å². The van der Waals surface area contributed by atoms with Crippen LogP contribution in [0, 0.1) is 5.92 Å². The zero-order valence-corrected chi connectivity index (χ0v) is 13.0. The summed E-state index contributed by atoms with van der Waals surface area (Å²) in [5.74, 6) is -0.627. The van der Waals surface area contributed by atoms with Crippen molar-refractivity contribution in [3.63, 3.8) is 0 Å². The van der Waals surface area contributed by atoms with Crippen LogP contribution in [0.5, 0.6) is 11.5 Å². The summed E-state index contributed by atoms with van der Waals surface area (Å²) in [6.45, 7) is 1.83. The first-order valence-corrected chi connectivity index (χ1v) is 7.23. The van der Waals surface area contributed by atoms with E-state index in [1.54, 1.807) is 30.0 Å². The molecule has 1 fully saturated rings. The molecule has 1 aliphatic rings. The van der Waals surface area contributed by atoms with Gasteiger partial charge in [0.1, 0.15) is 0 Å². The lowest BCUT2D eigenvalue weighted by molar-refractivity contribution is -0.141. The molecule has 6 nitrogen and oxygen atoms in total. The first kappa shape index (κ1) is 16.1. The maximum Gasteiger partial charge on any atom is 0.308 e. The van der Waals surface area contributed by atoms with Gasteiger partial charge in [0.05, 0.1) is 20.1 Å². The molecule has 120 valence electrons. The second-order valence-corrected chi connectivity index (χ2v) is 5.50. The summed E-state index contributed by atoms with van der Waals surface area (Å²) in [6.07, 6.45) is 1.84. The van der Waals surface area contributed by atoms with E-state index < -0.39 is 11.9 Å². The van der Waals surface area contributed by atoms with Gasteiger partial charge < -0.3 is 19.5 Å². The SMILES string of the molecule is COc1ccc(C(=O)N(CC(C)C(=O)O)C2CC2)cc1OC. The van der Waals surface area contributed by atoms with Gasteiger partial charge in [-0.05, 0) is 31.0 Å². The van der Waals surface area contributed by atoms with Gasteiger partial charge in [-0.15, -0.1) is 0 Å². The molecule has 1 N–H and O–H groups in total. The smallest absolute Gasteiger partial charge is 0.308 e. The zero-order chi connectivity index (χ0) is 16.3. The summed E-state index contributed by atoms with van der Waals surface area (Å²) < 4.78 is 10.4. The number of ether oxygens (including phenoxy) is 2. The molecule has 0 spiro atoms. The van der Waals surface area contributed by atoms with Gasteiger partial charge in [0, 0.05) is 18.2 Å². The highest BCUT2D eigenvalue weighted by atomic mass is 16.5. The van der Waals surface area contributed by atoms with E-state index in [2.05, 4.69) is 0 Å². The molecule has 6 heteroatoms. The fourth-order valence-electron chi connectivity index (χ4n) is 2.29. The fraction of sp³-hybridized carbons (Fsp3) is 0.500. The molecule has 0 heterocycles. The quantitative estimate of drug-likeness (QED) is 0.834. The Morgan fingerprint density at radius 1 is 1.27 bits per heavy atom.